The van der Waals surface area contributed by atoms with Crippen LogP contribution in [0.2, 0.25) is 0 Å². The van der Waals surface area contributed by atoms with E-state index in [2.05, 4.69) is 40.5 Å². The smallest absolute Gasteiger partial charge is 0.382 e. The Morgan fingerprint density at radius 1 is 0.857 bits per heavy atom. The van der Waals surface area contributed by atoms with Crippen LogP contribution < -0.4 is 16.0 Å². The number of halogens is 3. The number of hydrogen-bond acceptors (Lipinski definition) is 3. The first-order valence-electron chi connectivity index (χ1n) is 10.3. The van der Waals surface area contributed by atoms with Gasteiger partial charge in [0.1, 0.15) is 0 Å². The first-order valence-corrected chi connectivity index (χ1v) is 10.3. The quantitative estimate of drug-likeness (QED) is 0.746. The Hall–Kier alpha value is -1.95. The maximum Gasteiger partial charge on any atom is 0.391 e. The average molecular weight is 391 g/mol. The van der Waals surface area contributed by atoms with Crippen molar-refractivity contribution in [3.8, 4) is 0 Å². The Bertz CT molecular complexity index is 804. The van der Waals surface area contributed by atoms with Crippen molar-refractivity contribution in [3.63, 3.8) is 0 Å². The van der Waals surface area contributed by atoms with Gasteiger partial charge in [-0.3, -0.25) is 0 Å². The number of anilines is 2. The molecule has 2 aliphatic rings. The minimum Gasteiger partial charge on any atom is -0.382 e. The molecule has 2 aromatic carbocycles. The molecule has 1 saturated heterocycles. The van der Waals surface area contributed by atoms with Gasteiger partial charge in [0.25, 0.3) is 0 Å². The van der Waals surface area contributed by atoms with Gasteiger partial charge in [-0.15, -0.1) is 0 Å². The maximum absolute atomic E-state index is 12.9. The molecule has 3 nitrogen and oxygen atoms in total. The summed E-state index contributed by atoms with van der Waals surface area (Å²) in [4.78, 5) is 2.07. The summed E-state index contributed by atoms with van der Waals surface area (Å²) in [6, 6.07) is 13.4. The fourth-order valence-electron chi connectivity index (χ4n) is 4.48. The standard InChI is InChI=1S/C22H28F3N3/c23-22(24,25)17-9-11-28(12-10-17)21-8-2-15-13-20(5-1-16(15)14-21)27-19-6-3-18(26)4-7-19/h1-2,5,8,13-14,17-19,27H,3-4,6-7,9-12,26H2. The van der Waals surface area contributed by atoms with Crippen molar-refractivity contribution in [2.24, 2.45) is 11.7 Å². The monoisotopic (exact) mass is 391 g/mol. The van der Waals surface area contributed by atoms with Crippen molar-refractivity contribution in [2.75, 3.05) is 23.3 Å². The molecule has 2 fully saturated rings. The highest BCUT2D eigenvalue weighted by molar-refractivity contribution is 5.88. The topological polar surface area (TPSA) is 41.3 Å². The van der Waals surface area contributed by atoms with E-state index >= 15 is 0 Å². The van der Waals surface area contributed by atoms with Crippen molar-refractivity contribution in [3.05, 3.63) is 36.4 Å². The van der Waals surface area contributed by atoms with E-state index < -0.39 is 12.1 Å². The summed E-state index contributed by atoms with van der Waals surface area (Å²) < 4.78 is 38.6. The van der Waals surface area contributed by atoms with E-state index in [1.54, 1.807) is 0 Å². The molecule has 0 bridgehead atoms. The summed E-state index contributed by atoms with van der Waals surface area (Å²) in [7, 11) is 0. The third-order valence-electron chi connectivity index (χ3n) is 6.29. The van der Waals surface area contributed by atoms with Gasteiger partial charge in [0, 0.05) is 36.5 Å². The lowest BCUT2D eigenvalue weighted by atomic mass is 9.91. The minimum atomic E-state index is -4.07. The van der Waals surface area contributed by atoms with Gasteiger partial charge in [0.15, 0.2) is 0 Å². The molecular formula is C22H28F3N3. The predicted molar refractivity (Wildman–Crippen MR) is 109 cm³/mol. The molecule has 0 radical (unpaired) electrons. The Balaban J connectivity index is 1.42. The number of nitrogens with one attached hydrogen (secondary N) is 1. The number of nitrogens with two attached hydrogens (primary N) is 1. The predicted octanol–water partition coefficient (Wildman–Crippen LogP) is 5.30. The van der Waals surface area contributed by atoms with E-state index in [1.165, 1.54) is 0 Å². The van der Waals surface area contributed by atoms with Gasteiger partial charge < -0.3 is 16.0 Å². The fraction of sp³-hybridized carbons (Fsp3) is 0.545. The van der Waals surface area contributed by atoms with Gasteiger partial charge in [0.2, 0.25) is 0 Å². The first-order chi connectivity index (χ1) is 13.4. The van der Waals surface area contributed by atoms with Gasteiger partial charge in [-0.1, -0.05) is 12.1 Å². The molecule has 1 saturated carbocycles. The van der Waals surface area contributed by atoms with E-state index in [1.807, 2.05) is 6.07 Å². The van der Waals surface area contributed by atoms with Crippen LogP contribution in [0.3, 0.4) is 0 Å². The third-order valence-corrected chi connectivity index (χ3v) is 6.29. The number of rotatable bonds is 3. The molecule has 0 amide bonds. The SMILES string of the molecule is NC1CCC(Nc2ccc3cc(N4CCC(C(F)(F)F)CC4)ccc3c2)CC1. The summed E-state index contributed by atoms with van der Waals surface area (Å²) >= 11 is 0. The molecular weight excluding hydrogens is 363 g/mol. The van der Waals surface area contributed by atoms with Crippen LogP contribution in [0.5, 0.6) is 0 Å². The fourth-order valence-corrected chi connectivity index (χ4v) is 4.48. The number of piperidine rings is 1. The van der Waals surface area contributed by atoms with E-state index in [-0.39, 0.29) is 12.8 Å². The Morgan fingerprint density at radius 2 is 1.50 bits per heavy atom. The van der Waals surface area contributed by atoms with Gasteiger partial charge in [-0.2, -0.15) is 13.2 Å². The molecule has 28 heavy (non-hydrogen) atoms. The second kappa shape index (κ2) is 7.82. The molecule has 0 aromatic heterocycles. The molecule has 4 rings (SSSR count). The Kier molecular flexibility index (Phi) is 5.41. The number of fused-ring (bicyclic) bond motifs is 1. The molecule has 152 valence electrons. The van der Waals surface area contributed by atoms with Crippen LogP contribution in [0.4, 0.5) is 24.5 Å². The number of hydrogen-bond donors (Lipinski definition) is 2. The molecule has 2 aromatic rings. The zero-order valence-electron chi connectivity index (χ0n) is 16.0. The Labute approximate surface area is 164 Å². The molecule has 6 heteroatoms. The van der Waals surface area contributed by atoms with Gasteiger partial charge >= 0.3 is 6.18 Å². The lowest BCUT2D eigenvalue weighted by Crippen LogP contribution is -2.38. The van der Waals surface area contributed by atoms with Crippen molar-refractivity contribution < 1.29 is 13.2 Å². The van der Waals surface area contributed by atoms with Crippen molar-refractivity contribution in [2.45, 2.75) is 56.8 Å². The van der Waals surface area contributed by atoms with Crippen LogP contribution in [-0.2, 0) is 0 Å². The largest absolute Gasteiger partial charge is 0.391 e. The molecule has 0 unspecified atom stereocenters. The van der Waals surface area contributed by atoms with Crippen molar-refractivity contribution in [1.82, 2.24) is 0 Å². The van der Waals surface area contributed by atoms with Crippen molar-refractivity contribution >= 4 is 22.1 Å². The third kappa shape index (κ3) is 4.37. The van der Waals surface area contributed by atoms with E-state index in [0.29, 0.717) is 25.2 Å². The molecule has 1 aliphatic heterocycles. The van der Waals surface area contributed by atoms with Crippen LogP contribution in [-0.4, -0.2) is 31.3 Å². The van der Waals surface area contributed by atoms with Gasteiger partial charge in [-0.25, -0.2) is 0 Å². The highest BCUT2D eigenvalue weighted by Crippen LogP contribution is 2.36. The lowest BCUT2D eigenvalue weighted by Gasteiger charge is -2.34. The highest BCUT2D eigenvalue weighted by Gasteiger charge is 2.41. The van der Waals surface area contributed by atoms with Gasteiger partial charge in [0.05, 0.1) is 5.92 Å². The number of alkyl halides is 3. The molecule has 3 N–H and O–H groups in total. The van der Waals surface area contributed by atoms with Crippen LogP contribution in [0, 0.1) is 5.92 Å². The molecule has 0 spiro atoms. The van der Waals surface area contributed by atoms with Crippen molar-refractivity contribution in [1.29, 1.82) is 0 Å². The minimum absolute atomic E-state index is 0.176. The van der Waals surface area contributed by atoms with Crippen LogP contribution >= 0.6 is 0 Å². The summed E-state index contributed by atoms with van der Waals surface area (Å²) in [6.45, 7) is 0.915. The van der Waals surface area contributed by atoms with E-state index in [0.717, 1.165) is 47.8 Å². The van der Waals surface area contributed by atoms with E-state index in [9.17, 15) is 13.2 Å². The van der Waals surface area contributed by atoms with Crippen LogP contribution in [0.25, 0.3) is 10.8 Å². The second-order valence-electron chi connectivity index (χ2n) is 8.31. The lowest BCUT2D eigenvalue weighted by molar-refractivity contribution is -0.179. The average Bonchev–Trinajstić information content (AvgIpc) is 2.69. The summed E-state index contributed by atoms with van der Waals surface area (Å²) in [5.41, 5.74) is 8.11. The summed E-state index contributed by atoms with van der Waals surface area (Å²) in [5.74, 6) is -1.16. The second-order valence-corrected chi connectivity index (χ2v) is 8.31. The number of benzene rings is 2. The first kappa shape index (κ1) is 19.4. The highest BCUT2D eigenvalue weighted by atomic mass is 19.4. The maximum atomic E-state index is 12.9. The van der Waals surface area contributed by atoms with Gasteiger partial charge in [-0.05, 0) is 73.6 Å². The normalized spacial score (nSPS) is 24.5. The molecule has 0 atom stereocenters. The Morgan fingerprint density at radius 3 is 2.18 bits per heavy atom. The van der Waals surface area contributed by atoms with Crippen LogP contribution in [0.15, 0.2) is 36.4 Å². The molecule has 1 aliphatic carbocycles. The summed E-state index contributed by atoms with van der Waals surface area (Å²) in [6.07, 6.45) is 0.629. The zero-order chi connectivity index (χ0) is 19.7. The number of nitrogens with zero attached hydrogens (tertiary/aromatic N) is 1. The molecule has 1 heterocycles. The van der Waals surface area contributed by atoms with E-state index in [4.69, 9.17) is 5.73 Å². The zero-order valence-corrected chi connectivity index (χ0v) is 16.0. The van der Waals surface area contributed by atoms with Crippen LogP contribution in [0.1, 0.15) is 38.5 Å². The summed E-state index contributed by atoms with van der Waals surface area (Å²) in [5, 5.41) is 5.88.